The van der Waals surface area contributed by atoms with E-state index in [4.69, 9.17) is 0 Å². The number of aromatic nitrogens is 3. The Morgan fingerprint density at radius 3 is 2.74 bits per heavy atom. The number of fused-ring (bicyclic) bond motifs is 1. The van der Waals surface area contributed by atoms with Gasteiger partial charge >= 0.3 is 5.97 Å². The normalized spacial score (nSPS) is 11.0. The molecule has 0 radical (unpaired) electrons. The van der Waals surface area contributed by atoms with Crippen LogP contribution in [0.3, 0.4) is 0 Å². The van der Waals surface area contributed by atoms with Crippen molar-refractivity contribution in [1.29, 1.82) is 0 Å². The van der Waals surface area contributed by atoms with Gasteiger partial charge in [-0.05, 0) is 6.42 Å². The topological polar surface area (TPSA) is 67.5 Å². The van der Waals surface area contributed by atoms with Gasteiger partial charge in [0.25, 0.3) is 0 Å². The predicted octanol–water partition coefficient (Wildman–Crippen LogP) is 2.72. The predicted molar refractivity (Wildman–Crippen MR) is 72.6 cm³/mol. The minimum atomic E-state index is -1.01. The molecule has 3 aromatic rings. The van der Waals surface area contributed by atoms with E-state index in [1.807, 2.05) is 37.3 Å². The average Bonchev–Trinajstić information content (AvgIpc) is 2.95. The zero-order chi connectivity index (χ0) is 13.4. The molecule has 0 atom stereocenters. The number of rotatable bonds is 3. The van der Waals surface area contributed by atoms with E-state index in [9.17, 15) is 9.90 Å². The summed E-state index contributed by atoms with van der Waals surface area (Å²) in [5, 5.41) is 14.6. The number of aromatic carboxylic acids is 1. The quantitative estimate of drug-likeness (QED) is 0.796. The van der Waals surface area contributed by atoms with E-state index in [0.717, 1.165) is 17.0 Å². The molecule has 1 N–H and O–H groups in total. The molecule has 0 fully saturated rings. The van der Waals surface area contributed by atoms with Gasteiger partial charge in [-0.15, -0.1) is 0 Å². The number of imidazole rings is 1. The van der Waals surface area contributed by atoms with Crippen LogP contribution in [-0.4, -0.2) is 25.7 Å². The number of nitrogens with zero attached hydrogens (tertiary/aromatic N) is 3. The third kappa shape index (κ3) is 1.90. The lowest BCUT2D eigenvalue weighted by atomic mass is 10.1. The maximum absolute atomic E-state index is 11.5. The van der Waals surface area contributed by atoms with Crippen molar-refractivity contribution in [3.63, 3.8) is 0 Å². The third-order valence-corrected chi connectivity index (χ3v) is 3.85. The summed E-state index contributed by atoms with van der Waals surface area (Å²) in [6, 6.07) is 9.30. The first-order chi connectivity index (χ1) is 9.20. The number of carboxylic acid groups (broad SMARTS) is 1. The van der Waals surface area contributed by atoms with Gasteiger partial charge < -0.3 is 5.11 Å². The summed E-state index contributed by atoms with van der Waals surface area (Å²) in [6.45, 7) is 1.98. The molecule has 19 heavy (non-hydrogen) atoms. The van der Waals surface area contributed by atoms with Gasteiger partial charge in [0.2, 0.25) is 4.96 Å². The van der Waals surface area contributed by atoms with E-state index >= 15 is 0 Å². The Morgan fingerprint density at radius 1 is 1.37 bits per heavy atom. The first kappa shape index (κ1) is 11.9. The fraction of sp³-hybridized carbons (Fsp3) is 0.154. The van der Waals surface area contributed by atoms with Gasteiger partial charge in [-0.1, -0.05) is 48.6 Å². The molecule has 6 heteroatoms. The first-order valence-corrected chi connectivity index (χ1v) is 6.69. The van der Waals surface area contributed by atoms with Gasteiger partial charge in [0.1, 0.15) is 10.7 Å². The second-order valence-electron chi connectivity index (χ2n) is 4.02. The van der Waals surface area contributed by atoms with Crippen molar-refractivity contribution in [2.24, 2.45) is 0 Å². The highest BCUT2D eigenvalue weighted by Crippen LogP contribution is 2.27. The van der Waals surface area contributed by atoms with E-state index in [-0.39, 0.29) is 5.69 Å². The SMILES string of the molecule is CCc1nn2c(C(=O)O)c(-c3ccccc3)nc2s1. The summed E-state index contributed by atoms with van der Waals surface area (Å²) >= 11 is 1.42. The molecule has 0 saturated heterocycles. The lowest BCUT2D eigenvalue weighted by Crippen LogP contribution is -2.04. The van der Waals surface area contributed by atoms with Crippen LogP contribution in [-0.2, 0) is 6.42 Å². The standard InChI is InChI=1S/C13H11N3O2S/c1-2-9-15-16-11(12(17)18)10(14-13(16)19-9)8-6-4-3-5-7-8/h3-7H,2H2,1H3,(H,17,18). The van der Waals surface area contributed by atoms with Crippen molar-refractivity contribution in [2.45, 2.75) is 13.3 Å². The van der Waals surface area contributed by atoms with Crippen molar-refractivity contribution in [3.05, 3.63) is 41.0 Å². The number of aryl methyl sites for hydroxylation is 1. The highest BCUT2D eigenvalue weighted by Gasteiger charge is 2.22. The Bertz CT molecular complexity index is 746. The fourth-order valence-corrected chi connectivity index (χ4v) is 2.75. The van der Waals surface area contributed by atoms with Crippen molar-refractivity contribution < 1.29 is 9.90 Å². The Balaban J connectivity index is 2.28. The zero-order valence-electron chi connectivity index (χ0n) is 10.2. The highest BCUT2D eigenvalue weighted by atomic mass is 32.1. The van der Waals surface area contributed by atoms with E-state index in [0.29, 0.717) is 10.7 Å². The van der Waals surface area contributed by atoms with Crippen LogP contribution in [0.4, 0.5) is 0 Å². The van der Waals surface area contributed by atoms with E-state index in [2.05, 4.69) is 10.1 Å². The minimum absolute atomic E-state index is 0.122. The largest absolute Gasteiger partial charge is 0.476 e. The van der Waals surface area contributed by atoms with Crippen LogP contribution < -0.4 is 0 Å². The molecular formula is C13H11N3O2S. The maximum Gasteiger partial charge on any atom is 0.356 e. The number of hydrogen-bond donors (Lipinski definition) is 1. The summed E-state index contributed by atoms with van der Waals surface area (Å²) < 4.78 is 1.42. The zero-order valence-corrected chi connectivity index (χ0v) is 11.0. The molecule has 0 amide bonds. The molecule has 0 aliphatic carbocycles. The van der Waals surface area contributed by atoms with Gasteiger partial charge in [-0.25, -0.2) is 9.78 Å². The highest BCUT2D eigenvalue weighted by molar-refractivity contribution is 7.16. The lowest BCUT2D eigenvalue weighted by Gasteiger charge is -1.98. The number of carbonyl (C=O) groups is 1. The van der Waals surface area contributed by atoms with E-state index in [1.54, 1.807) is 0 Å². The van der Waals surface area contributed by atoms with Crippen LogP contribution >= 0.6 is 11.3 Å². The lowest BCUT2D eigenvalue weighted by molar-refractivity contribution is 0.0689. The van der Waals surface area contributed by atoms with Crippen LogP contribution in [0, 0.1) is 0 Å². The van der Waals surface area contributed by atoms with Gasteiger partial charge in [-0.3, -0.25) is 0 Å². The fourth-order valence-electron chi connectivity index (χ4n) is 1.92. The van der Waals surface area contributed by atoms with Crippen LogP contribution in [0.5, 0.6) is 0 Å². The molecule has 1 aromatic carbocycles. The molecule has 0 spiro atoms. The Labute approximate surface area is 113 Å². The van der Waals surface area contributed by atoms with Crippen molar-refractivity contribution >= 4 is 22.3 Å². The second-order valence-corrected chi connectivity index (χ2v) is 5.06. The van der Waals surface area contributed by atoms with Gasteiger partial charge in [-0.2, -0.15) is 9.61 Å². The molecule has 96 valence electrons. The monoisotopic (exact) mass is 273 g/mol. The smallest absolute Gasteiger partial charge is 0.356 e. The molecule has 0 unspecified atom stereocenters. The molecule has 2 aromatic heterocycles. The Hall–Kier alpha value is -2.21. The molecule has 0 bridgehead atoms. The molecule has 0 saturated carbocycles. The van der Waals surface area contributed by atoms with Crippen molar-refractivity contribution in [3.8, 4) is 11.3 Å². The molecule has 5 nitrogen and oxygen atoms in total. The number of benzene rings is 1. The summed E-state index contributed by atoms with van der Waals surface area (Å²) in [5.74, 6) is -1.01. The average molecular weight is 273 g/mol. The van der Waals surface area contributed by atoms with Crippen LogP contribution in [0.15, 0.2) is 30.3 Å². The Kier molecular flexibility index (Phi) is 2.79. The summed E-state index contributed by atoms with van der Waals surface area (Å²) in [4.78, 5) is 16.5. The summed E-state index contributed by atoms with van der Waals surface area (Å²) in [5.41, 5.74) is 1.38. The maximum atomic E-state index is 11.5. The van der Waals surface area contributed by atoms with E-state index < -0.39 is 5.97 Å². The van der Waals surface area contributed by atoms with Crippen LogP contribution in [0.25, 0.3) is 16.2 Å². The summed E-state index contributed by atoms with van der Waals surface area (Å²) in [7, 11) is 0. The first-order valence-electron chi connectivity index (χ1n) is 5.88. The Morgan fingerprint density at radius 2 is 2.11 bits per heavy atom. The molecule has 0 aliphatic rings. The van der Waals surface area contributed by atoms with Crippen LogP contribution in [0.2, 0.25) is 0 Å². The van der Waals surface area contributed by atoms with E-state index in [1.165, 1.54) is 15.9 Å². The second kappa shape index (κ2) is 4.47. The van der Waals surface area contributed by atoms with Crippen molar-refractivity contribution in [1.82, 2.24) is 14.6 Å². The molecular weight excluding hydrogens is 262 g/mol. The number of hydrogen-bond acceptors (Lipinski definition) is 4. The molecule has 0 aliphatic heterocycles. The van der Waals surface area contributed by atoms with Gasteiger partial charge in [0.05, 0.1) is 0 Å². The minimum Gasteiger partial charge on any atom is -0.476 e. The third-order valence-electron chi connectivity index (χ3n) is 2.80. The van der Waals surface area contributed by atoms with Gasteiger partial charge in [0.15, 0.2) is 5.69 Å². The molecule has 3 rings (SSSR count). The molecule has 2 heterocycles. The van der Waals surface area contributed by atoms with Crippen LogP contribution in [0.1, 0.15) is 22.4 Å². The van der Waals surface area contributed by atoms with Gasteiger partial charge in [0, 0.05) is 5.56 Å². The van der Waals surface area contributed by atoms with Crippen molar-refractivity contribution in [2.75, 3.05) is 0 Å². The number of carboxylic acids is 1. The summed E-state index contributed by atoms with van der Waals surface area (Å²) in [6.07, 6.45) is 0.772.